The van der Waals surface area contributed by atoms with Gasteiger partial charge < -0.3 is 8.98 Å². The Morgan fingerprint density at radius 2 is 1.06 bits per heavy atom. The predicted molar refractivity (Wildman–Crippen MR) is 210 cm³/mol. The third-order valence-corrected chi connectivity index (χ3v) is 9.87. The minimum atomic E-state index is 0.443. The fourth-order valence-corrected chi connectivity index (χ4v) is 7.48. The zero-order valence-corrected chi connectivity index (χ0v) is 27.9. The Bertz CT molecular complexity index is 2910. The third-order valence-electron chi connectivity index (χ3n) is 9.87. The Morgan fingerprint density at radius 1 is 0.481 bits per heavy atom. The van der Waals surface area contributed by atoms with Gasteiger partial charge in [-0.1, -0.05) is 133 Å². The number of nitriles is 1. The van der Waals surface area contributed by atoms with Gasteiger partial charge in [0.05, 0.1) is 22.4 Å². The van der Waals surface area contributed by atoms with E-state index in [1.807, 2.05) is 72.8 Å². The summed E-state index contributed by atoms with van der Waals surface area (Å²) in [4.78, 5) is 9.99. The van der Waals surface area contributed by atoms with E-state index in [-0.39, 0.29) is 0 Å². The summed E-state index contributed by atoms with van der Waals surface area (Å²) in [6.07, 6.45) is 0. The van der Waals surface area contributed by atoms with Crippen molar-refractivity contribution in [2.75, 3.05) is 0 Å². The van der Waals surface area contributed by atoms with Gasteiger partial charge in [-0.2, -0.15) is 5.26 Å². The second-order valence-electron chi connectivity index (χ2n) is 12.9. The molecule has 0 bridgehead atoms. The summed E-state index contributed by atoms with van der Waals surface area (Å²) in [5, 5.41) is 14.9. The van der Waals surface area contributed by atoms with E-state index in [2.05, 4.69) is 108 Å². The molecule has 3 heterocycles. The van der Waals surface area contributed by atoms with Gasteiger partial charge in [0.2, 0.25) is 0 Å². The Hall–Kier alpha value is -7.29. The third kappa shape index (κ3) is 4.70. The van der Waals surface area contributed by atoms with Crippen LogP contribution in [0, 0.1) is 11.3 Å². The van der Waals surface area contributed by atoms with E-state index >= 15 is 0 Å². The standard InChI is InChI=1S/C47H28N4O/c48-29-40-44(30-13-3-1-4-14-30)49-47(50-45(40)31-15-5-2-6-16-31)33-25-26-38-39-22-12-21-35(46(39)52-43(38)28-33)32-17-11-18-34(27-32)51-41-23-9-7-19-36(41)37-20-8-10-24-42(37)51/h1-28H. The van der Waals surface area contributed by atoms with Gasteiger partial charge in [-0.15, -0.1) is 0 Å². The van der Waals surface area contributed by atoms with Crippen molar-refractivity contribution in [2.45, 2.75) is 0 Å². The number of nitrogens with zero attached hydrogens (tertiary/aromatic N) is 4. The first-order chi connectivity index (χ1) is 25.7. The van der Waals surface area contributed by atoms with Crippen LogP contribution in [-0.2, 0) is 0 Å². The van der Waals surface area contributed by atoms with Gasteiger partial charge in [-0.25, -0.2) is 9.97 Å². The monoisotopic (exact) mass is 664 g/mol. The van der Waals surface area contributed by atoms with Gasteiger partial charge in [-0.3, -0.25) is 0 Å². The molecule has 10 aromatic rings. The lowest BCUT2D eigenvalue weighted by atomic mass is 10.00. The number of hydrogen-bond acceptors (Lipinski definition) is 4. The molecule has 0 fully saturated rings. The van der Waals surface area contributed by atoms with E-state index < -0.39 is 0 Å². The Labute approximate surface area is 299 Å². The molecule has 242 valence electrons. The summed E-state index contributed by atoms with van der Waals surface area (Å²) >= 11 is 0. The molecular formula is C47H28N4O. The summed E-state index contributed by atoms with van der Waals surface area (Å²) in [7, 11) is 0. The van der Waals surface area contributed by atoms with Gasteiger partial charge in [0.1, 0.15) is 22.8 Å². The lowest BCUT2D eigenvalue weighted by Gasteiger charge is -2.12. The van der Waals surface area contributed by atoms with Gasteiger partial charge >= 0.3 is 0 Å². The number of aromatic nitrogens is 3. The minimum Gasteiger partial charge on any atom is -0.455 e. The van der Waals surface area contributed by atoms with Crippen LogP contribution in [-0.4, -0.2) is 14.5 Å². The molecule has 0 radical (unpaired) electrons. The van der Waals surface area contributed by atoms with Crippen LogP contribution in [0.1, 0.15) is 5.56 Å². The van der Waals surface area contributed by atoms with Crippen LogP contribution in [0.2, 0.25) is 0 Å². The fourth-order valence-electron chi connectivity index (χ4n) is 7.48. The molecule has 10 rings (SSSR count). The maximum Gasteiger partial charge on any atom is 0.160 e. The van der Waals surface area contributed by atoms with E-state index in [1.54, 1.807) is 0 Å². The lowest BCUT2D eigenvalue weighted by molar-refractivity contribution is 0.670. The van der Waals surface area contributed by atoms with E-state index in [4.69, 9.17) is 14.4 Å². The van der Waals surface area contributed by atoms with Crippen LogP contribution in [0.5, 0.6) is 0 Å². The van der Waals surface area contributed by atoms with Crippen LogP contribution >= 0.6 is 0 Å². The SMILES string of the molecule is N#Cc1c(-c2ccccc2)nc(-c2ccc3c(c2)oc2c(-c4cccc(-n5c6ccccc6c6ccccc65)c4)cccc23)nc1-c1ccccc1. The largest absolute Gasteiger partial charge is 0.455 e. The van der Waals surface area contributed by atoms with Gasteiger partial charge in [0.15, 0.2) is 5.82 Å². The molecule has 0 unspecified atom stereocenters. The molecular weight excluding hydrogens is 637 g/mol. The quantitative estimate of drug-likeness (QED) is 0.184. The second kappa shape index (κ2) is 11.9. The van der Waals surface area contributed by atoms with Crippen molar-refractivity contribution in [3.63, 3.8) is 0 Å². The molecule has 0 spiro atoms. The van der Waals surface area contributed by atoms with Crippen molar-refractivity contribution in [3.8, 4) is 56.8 Å². The summed E-state index contributed by atoms with van der Waals surface area (Å²) < 4.78 is 9.07. The first-order valence-electron chi connectivity index (χ1n) is 17.2. The highest BCUT2D eigenvalue weighted by Gasteiger charge is 2.20. The van der Waals surface area contributed by atoms with Gasteiger partial charge in [0, 0.05) is 49.5 Å². The number of para-hydroxylation sites is 3. The van der Waals surface area contributed by atoms with Crippen molar-refractivity contribution in [1.29, 1.82) is 5.26 Å². The molecule has 5 heteroatoms. The predicted octanol–water partition coefficient (Wildman–Crippen LogP) is 12.0. The molecule has 0 saturated heterocycles. The minimum absolute atomic E-state index is 0.443. The van der Waals surface area contributed by atoms with Crippen LogP contribution in [0.4, 0.5) is 0 Å². The van der Waals surface area contributed by atoms with Gasteiger partial charge in [-0.05, 0) is 42.0 Å². The number of fused-ring (bicyclic) bond motifs is 6. The van der Waals surface area contributed by atoms with Crippen molar-refractivity contribution >= 4 is 43.7 Å². The van der Waals surface area contributed by atoms with Crippen LogP contribution in [0.15, 0.2) is 174 Å². The molecule has 3 aromatic heterocycles. The number of furan rings is 1. The fraction of sp³-hybridized carbons (Fsp3) is 0. The zero-order valence-electron chi connectivity index (χ0n) is 27.9. The van der Waals surface area contributed by atoms with E-state index in [1.165, 1.54) is 21.8 Å². The van der Waals surface area contributed by atoms with Gasteiger partial charge in [0.25, 0.3) is 0 Å². The zero-order chi connectivity index (χ0) is 34.6. The average Bonchev–Trinajstić information content (AvgIpc) is 3.76. The first-order valence-corrected chi connectivity index (χ1v) is 17.2. The smallest absolute Gasteiger partial charge is 0.160 e. The lowest BCUT2D eigenvalue weighted by Crippen LogP contribution is -2.01. The molecule has 0 aliphatic rings. The summed E-state index contributed by atoms with van der Waals surface area (Å²) in [6.45, 7) is 0. The van der Waals surface area contributed by atoms with Crippen molar-refractivity contribution in [3.05, 3.63) is 175 Å². The van der Waals surface area contributed by atoms with E-state index in [0.717, 1.165) is 55.4 Å². The molecule has 0 aliphatic carbocycles. The highest BCUT2D eigenvalue weighted by atomic mass is 16.3. The average molecular weight is 665 g/mol. The Morgan fingerprint density at radius 3 is 1.71 bits per heavy atom. The normalized spacial score (nSPS) is 11.4. The van der Waals surface area contributed by atoms with E-state index in [9.17, 15) is 5.26 Å². The van der Waals surface area contributed by atoms with E-state index in [0.29, 0.717) is 22.8 Å². The molecule has 7 aromatic carbocycles. The maximum atomic E-state index is 10.3. The molecule has 0 saturated carbocycles. The van der Waals surface area contributed by atoms with Crippen molar-refractivity contribution < 1.29 is 4.42 Å². The summed E-state index contributed by atoms with van der Waals surface area (Å²) in [6, 6.07) is 60.3. The van der Waals surface area contributed by atoms with Crippen molar-refractivity contribution in [2.24, 2.45) is 0 Å². The van der Waals surface area contributed by atoms with Crippen molar-refractivity contribution in [1.82, 2.24) is 14.5 Å². The van der Waals surface area contributed by atoms with Crippen LogP contribution in [0.3, 0.4) is 0 Å². The summed E-state index contributed by atoms with van der Waals surface area (Å²) in [5.74, 6) is 0.526. The van der Waals surface area contributed by atoms with Crippen LogP contribution in [0.25, 0.3) is 94.5 Å². The Kier molecular flexibility index (Phi) is 6.80. The number of hydrogen-bond donors (Lipinski definition) is 0. The number of rotatable bonds is 5. The molecule has 0 aliphatic heterocycles. The highest BCUT2D eigenvalue weighted by molar-refractivity contribution is 6.11. The second-order valence-corrected chi connectivity index (χ2v) is 12.9. The first kappa shape index (κ1) is 29.6. The summed E-state index contributed by atoms with van der Waals surface area (Å²) in [5.41, 5.74) is 11.3. The van der Waals surface area contributed by atoms with Crippen LogP contribution < -0.4 is 0 Å². The highest BCUT2D eigenvalue weighted by Crippen LogP contribution is 2.40. The molecule has 0 N–H and O–H groups in total. The molecule has 0 amide bonds. The molecule has 52 heavy (non-hydrogen) atoms. The number of benzene rings is 7. The Balaban J connectivity index is 1.12. The maximum absolute atomic E-state index is 10.3. The molecule has 5 nitrogen and oxygen atoms in total. The molecule has 0 atom stereocenters. The topological polar surface area (TPSA) is 67.6 Å².